The van der Waals surface area contributed by atoms with Gasteiger partial charge in [-0.1, -0.05) is 12.1 Å². The fraction of sp³-hybridized carbons (Fsp3) is 0.267. The van der Waals surface area contributed by atoms with Crippen molar-refractivity contribution >= 4 is 5.91 Å². The van der Waals surface area contributed by atoms with Crippen molar-refractivity contribution in [2.45, 2.75) is 19.4 Å². The van der Waals surface area contributed by atoms with Crippen LogP contribution in [0.2, 0.25) is 0 Å². The molecule has 1 heterocycles. The van der Waals surface area contributed by atoms with Crippen LogP contribution in [-0.2, 0) is 11.2 Å². The first-order valence-electron chi connectivity index (χ1n) is 6.14. The number of ether oxygens (including phenoxy) is 1. The molecule has 2 aromatic rings. The van der Waals surface area contributed by atoms with E-state index in [1.807, 2.05) is 37.3 Å². The van der Waals surface area contributed by atoms with Crippen LogP contribution in [0.15, 0.2) is 47.1 Å². The van der Waals surface area contributed by atoms with Crippen LogP contribution in [0, 0.1) is 0 Å². The summed E-state index contributed by atoms with van der Waals surface area (Å²) in [6.07, 6.45) is 1.92. The Balaban J connectivity index is 1.93. The first-order chi connectivity index (χ1) is 9.19. The summed E-state index contributed by atoms with van der Waals surface area (Å²) in [5.74, 6) is 1.46. The third kappa shape index (κ3) is 3.61. The summed E-state index contributed by atoms with van der Waals surface area (Å²) < 4.78 is 10.4. The Hall–Kier alpha value is -2.23. The lowest BCUT2D eigenvalue weighted by Crippen LogP contribution is -2.27. The van der Waals surface area contributed by atoms with E-state index in [4.69, 9.17) is 9.15 Å². The van der Waals surface area contributed by atoms with Crippen LogP contribution >= 0.6 is 0 Å². The van der Waals surface area contributed by atoms with Crippen LogP contribution in [0.4, 0.5) is 0 Å². The highest BCUT2D eigenvalue weighted by Gasteiger charge is 2.12. The molecule has 1 aromatic carbocycles. The minimum absolute atomic E-state index is 0.0443. The molecule has 1 atom stereocenters. The quantitative estimate of drug-likeness (QED) is 0.898. The minimum Gasteiger partial charge on any atom is -0.497 e. The third-order valence-electron chi connectivity index (χ3n) is 2.85. The molecule has 0 radical (unpaired) electrons. The van der Waals surface area contributed by atoms with Crippen molar-refractivity contribution in [2.75, 3.05) is 7.11 Å². The second kappa shape index (κ2) is 6.09. The minimum atomic E-state index is -0.131. The van der Waals surface area contributed by atoms with Crippen LogP contribution in [0.25, 0.3) is 0 Å². The van der Waals surface area contributed by atoms with Gasteiger partial charge in [-0.05, 0) is 36.8 Å². The summed E-state index contributed by atoms with van der Waals surface area (Å²) in [6.45, 7) is 1.89. The van der Waals surface area contributed by atoms with Gasteiger partial charge in [0.15, 0.2) is 0 Å². The fourth-order valence-electron chi connectivity index (χ4n) is 1.87. The van der Waals surface area contributed by atoms with E-state index in [0.717, 1.165) is 17.1 Å². The standard InChI is InChI=1S/C15H17NO3/c1-11(14-7-4-8-19-14)16-15(17)10-12-5-3-6-13(9-12)18-2/h3-9,11H,10H2,1-2H3,(H,16,17). The number of benzene rings is 1. The molecule has 0 aliphatic rings. The van der Waals surface area contributed by atoms with Crippen LogP contribution in [0.3, 0.4) is 0 Å². The van der Waals surface area contributed by atoms with E-state index < -0.39 is 0 Å². The van der Waals surface area contributed by atoms with Crippen LogP contribution in [0.1, 0.15) is 24.3 Å². The Morgan fingerprint density at radius 3 is 2.89 bits per heavy atom. The maximum atomic E-state index is 11.9. The van der Waals surface area contributed by atoms with Gasteiger partial charge < -0.3 is 14.5 Å². The van der Waals surface area contributed by atoms with Crippen molar-refractivity contribution in [1.29, 1.82) is 0 Å². The predicted octanol–water partition coefficient (Wildman–Crippen LogP) is 2.71. The Bertz CT molecular complexity index is 534. The zero-order valence-electron chi connectivity index (χ0n) is 11.1. The Morgan fingerprint density at radius 2 is 2.21 bits per heavy atom. The monoisotopic (exact) mass is 259 g/mol. The van der Waals surface area contributed by atoms with Gasteiger partial charge in [0, 0.05) is 0 Å². The summed E-state index contributed by atoms with van der Waals surface area (Å²) in [4.78, 5) is 11.9. The molecule has 0 saturated carbocycles. The Morgan fingerprint density at radius 1 is 1.37 bits per heavy atom. The lowest BCUT2D eigenvalue weighted by molar-refractivity contribution is -0.121. The van der Waals surface area contributed by atoms with Crippen molar-refractivity contribution in [2.24, 2.45) is 0 Å². The highest BCUT2D eigenvalue weighted by molar-refractivity contribution is 5.79. The molecule has 0 spiro atoms. The van der Waals surface area contributed by atoms with Gasteiger partial charge in [0.1, 0.15) is 11.5 Å². The van der Waals surface area contributed by atoms with Gasteiger partial charge in [-0.15, -0.1) is 0 Å². The van der Waals surface area contributed by atoms with Gasteiger partial charge >= 0.3 is 0 Å². The SMILES string of the molecule is COc1cccc(CC(=O)NC(C)c2ccco2)c1. The van der Waals surface area contributed by atoms with Crippen LogP contribution in [-0.4, -0.2) is 13.0 Å². The number of hydrogen-bond acceptors (Lipinski definition) is 3. The molecule has 100 valence electrons. The van der Waals surface area contributed by atoms with E-state index in [2.05, 4.69) is 5.32 Å². The largest absolute Gasteiger partial charge is 0.497 e. The van der Waals surface area contributed by atoms with E-state index in [1.165, 1.54) is 0 Å². The summed E-state index contributed by atoms with van der Waals surface area (Å²) in [7, 11) is 1.61. The highest BCUT2D eigenvalue weighted by atomic mass is 16.5. The van der Waals surface area contributed by atoms with Crippen molar-refractivity contribution in [3.8, 4) is 5.75 Å². The lowest BCUT2D eigenvalue weighted by atomic mass is 10.1. The van der Waals surface area contributed by atoms with Gasteiger partial charge in [0.2, 0.25) is 5.91 Å². The molecule has 0 saturated heterocycles. The Labute approximate surface area is 112 Å². The molecule has 4 nitrogen and oxygen atoms in total. The first-order valence-corrected chi connectivity index (χ1v) is 6.14. The molecule has 19 heavy (non-hydrogen) atoms. The number of nitrogens with one attached hydrogen (secondary N) is 1. The highest BCUT2D eigenvalue weighted by Crippen LogP contribution is 2.15. The normalized spacial score (nSPS) is 11.9. The molecule has 4 heteroatoms. The van der Waals surface area contributed by atoms with E-state index in [9.17, 15) is 4.79 Å². The number of methoxy groups -OCH3 is 1. The summed E-state index contributed by atoms with van der Waals surface area (Å²) >= 11 is 0. The second-order valence-electron chi connectivity index (χ2n) is 4.33. The molecule has 0 aliphatic heterocycles. The third-order valence-corrected chi connectivity index (χ3v) is 2.85. The first kappa shape index (κ1) is 13.2. The summed E-state index contributed by atoms with van der Waals surface area (Å²) in [5, 5.41) is 2.89. The average molecular weight is 259 g/mol. The molecule has 0 bridgehead atoms. The van der Waals surface area contributed by atoms with Crippen molar-refractivity contribution in [3.05, 3.63) is 54.0 Å². The number of hydrogen-bond donors (Lipinski definition) is 1. The molecule has 0 fully saturated rings. The Kier molecular flexibility index (Phi) is 4.23. The van der Waals surface area contributed by atoms with E-state index in [1.54, 1.807) is 19.4 Å². The van der Waals surface area contributed by atoms with Gasteiger partial charge in [-0.2, -0.15) is 0 Å². The topological polar surface area (TPSA) is 51.5 Å². The maximum Gasteiger partial charge on any atom is 0.225 e. The molecule has 0 aliphatic carbocycles. The molecule has 1 aromatic heterocycles. The number of amides is 1. The molecule has 1 unspecified atom stereocenters. The van der Waals surface area contributed by atoms with Gasteiger partial charge in [0.05, 0.1) is 25.8 Å². The molecule has 1 N–H and O–H groups in total. The van der Waals surface area contributed by atoms with Crippen molar-refractivity contribution in [1.82, 2.24) is 5.32 Å². The zero-order valence-corrected chi connectivity index (χ0v) is 11.1. The molecule has 2 rings (SSSR count). The van der Waals surface area contributed by atoms with Crippen molar-refractivity contribution < 1.29 is 13.9 Å². The summed E-state index contributed by atoms with van der Waals surface area (Å²) in [6, 6.07) is 11.0. The number of carbonyl (C=O) groups excluding carboxylic acids is 1. The lowest BCUT2D eigenvalue weighted by Gasteiger charge is -2.11. The van der Waals surface area contributed by atoms with Crippen LogP contribution in [0.5, 0.6) is 5.75 Å². The molecular weight excluding hydrogens is 242 g/mol. The smallest absolute Gasteiger partial charge is 0.225 e. The predicted molar refractivity (Wildman–Crippen MR) is 72.0 cm³/mol. The van der Waals surface area contributed by atoms with Crippen LogP contribution < -0.4 is 10.1 Å². The fourth-order valence-corrected chi connectivity index (χ4v) is 1.87. The second-order valence-corrected chi connectivity index (χ2v) is 4.33. The molecule has 1 amide bonds. The maximum absolute atomic E-state index is 11.9. The zero-order chi connectivity index (χ0) is 13.7. The van der Waals surface area contributed by atoms with E-state index in [-0.39, 0.29) is 11.9 Å². The number of furan rings is 1. The van der Waals surface area contributed by atoms with Crippen molar-refractivity contribution in [3.63, 3.8) is 0 Å². The van der Waals surface area contributed by atoms with Gasteiger partial charge in [-0.3, -0.25) is 4.79 Å². The molecular formula is C15H17NO3. The van der Waals surface area contributed by atoms with E-state index >= 15 is 0 Å². The van der Waals surface area contributed by atoms with Gasteiger partial charge in [0.25, 0.3) is 0 Å². The number of carbonyl (C=O) groups is 1. The summed E-state index contributed by atoms with van der Waals surface area (Å²) in [5.41, 5.74) is 0.920. The van der Waals surface area contributed by atoms with E-state index in [0.29, 0.717) is 6.42 Å². The average Bonchev–Trinajstić information content (AvgIpc) is 2.92. The van der Waals surface area contributed by atoms with Gasteiger partial charge in [-0.25, -0.2) is 0 Å². The number of rotatable bonds is 5.